The fourth-order valence-electron chi connectivity index (χ4n) is 5.97. The fourth-order valence-corrected chi connectivity index (χ4v) is 7.37. The molecular weight excluding hydrogens is 614 g/mol. The van der Waals surface area contributed by atoms with Crippen molar-refractivity contribution in [2.75, 3.05) is 50.2 Å². The van der Waals surface area contributed by atoms with Gasteiger partial charge in [0, 0.05) is 44.2 Å². The molecule has 0 aliphatic carbocycles. The van der Waals surface area contributed by atoms with Gasteiger partial charge >= 0.3 is 0 Å². The van der Waals surface area contributed by atoms with Gasteiger partial charge in [-0.3, -0.25) is 19.3 Å². The zero-order valence-corrected chi connectivity index (χ0v) is 26.1. The molecule has 0 spiro atoms. The van der Waals surface area contributed by atoms with Crippen molar-refractivity contribution in [3.8, 4) is 28.4 Å². The summed E-state index contributed by atoms with van der Waals surface area (Å²) in [6.07, 6.45) is 0. The second-order valence-corrected chi connectivity index (χ2v) is 12.5. The van der Waals surface area contributed by atoms with E-state index in [0.717, 1.165) is 16.7 Å². The minimum absolute atomic E-state index is 0.0156. The van der Waals surface area contributed by atoms with Crippen LogP contribution in [0.1, 0.15) is 23.3 Å². The van der Waals surface area contributed by atoms with Gasteiger partial charge in [0.05, 0.1) is 27.4 Å². The number of amides is 3. The third-order valence-corrected chi connectivity index (χ3v) is 9.86. The Balaban J connectivity index is 1.39. The van der Waals surface area contributed by atoms with Gasteiger partial charge in [0.1, 0.15) is 12.4 Å². The van der Waals surface area contributed by atoms with Crippen LogP contribution in [0.25, 0.3) is 16.9 Å². The second kappa shape index (κ2) is 12.1. The van der Waals surface area contributed by atoms with Gasteiger partial charge < -0.3 is 19.3 Å². The first-order valence-electron chi connectivity index (χ1n) is 14.7. The number of para-hydroxylation sites is 1. The average molecular weight is 644 g/mol. The number of thioether (sulfide) groups is 1. The average Bonchev–Trinajstić information content (AvgIpc) is 3.66. The summed E-state index contributed by atoms with van der Waals surface area (Å²) in [5.41, 5.74) is 3.86. The number of rotatable bonds is 5. The summed E-state index contributed by atoms with van der Waals surface area (Å²) in [7, 11) is 0. The van der Waals surface area contributed by atoms with Gasteiger partial charge in [-0.05, 0) is 29.8 Å². The Bertz CT molecular complexity index is 1790. The van der Waals surface area contributed by atoms with Crippen LogP contribution in [0.2, 0.25) is 5.02 Å². The van der Waals surface area contributed by atoms with Crippen LogP contribution in [0.4, 0.5) is 5.82 Å². The summed E-state index contributed by atoms with van der Waals surface area (Å²) in [4.78, 5) is 44.8. The molecule has 3 aliphatic heterocycles. The lowest BCUT2D eigenvalue weighted by molar-refractivity contribution is -0.137. The number of fused-ring (bicyclic) bond motifs is 2. The molecule has 0 saturated carbocycles. The van der Waals surface area contributed by atoms with Crippen molar-refractivity contribution in [1.29, 1.82) is 0 Å². The monoisotopic (exact) mass is 643 g/mol. The normalized spacial score (nSPS) is 17.7. The van der Waals surface area contributed by atoms with E-state index in [-0.39, 0.29) is 42.1 Å². The molecule has 1 saturated heterocycles. The molecule has 4 heterocycles. The zero-order chi connectivity index (χ0) is 31.1. The van der Waals surface area contributed by atoms with Crippen LogP contribution < -0.4 is 14.4 Å². The van der Waals surface area contributed by atoms with Crippen molar-refractivity contribution in [1.82, 2.24) is 19.6 Å². The molecule has 0 N–H and O–H groups in total. The van der Waals surface area contributed by atoms with Crippen molar-refractivity contribution >= 4 is 46.9 Å². The van der Waals surface area contributed by atoms with Crippen LogP contribution >= 0.6 is 23.4 Å². The molecule has 1 fully saturated rings. The van der Waals surface area contributed by atoms with Gasteiger partial charge in [0.2, 0.25) is 24.5 Å². The van der Waals surface area contributed by atoms with E-state index in [9.17, 15) is 14.4 Å². The maximum absolute atomic E-state index is 14.1. The highest BCUT2D eigenvalue weighted by Crippen LogP contribution is 2.50. The number of ether oxygens (including phenoxy) is 2. The Morgan fingerprint density at radius 1 is 0.933 bits per heavy atom. The van der Waals surface area contributed by atoms with Crippen LogP contribution in [0.3, 0.4) is 0 Å². The number of hydrogen-bond acceptors (Lipinski definition) is 7. The van der Waals surface area contributed by atoms with E-state index in [1.165, 1.54) is 18.7 Å². The molecule has 1 atom stereocenters. The van der Waals surface area contributed by atoms with Crippen molar-refractivity contribution < 1.29 is 23.9 Å². The quantitative estimate of drug-likeness (QED) is 0.309. The van der Waals surface area contributed by atoms with Gasteiger partial charge in [0.25, 0.3) is 0 Å². The van der Waals surface area contributed by atoms with E-state index in [2.05, 4.69) is 0 Å². The first kappa shape index (κ1) is 29.2. The number of nitrogens with zero attached hydrogens (tertiary/aromatic N) is 5. The van der Waals surface area contributed by atoms with Gasteiger partial charge in [-0.1, -0.05) is 60.1 Å². The van der Waals surface area contributed by atoms with Gasteiger partial charge in [-0.15, -0.1) is 11.8 Å². The molecule has 230 valence electrons. The van der Waals surface area contributed by atoms with E-state index in [1.54, 1.807) is 25.4 Å². The molecule has 3 amide bonds. The zero-order valence-electron chi connectivity index (χ0n) is 24.5. The molecular formula is C33H30ClN5O5S. The maximum atomic E-state index is 14.1. The van der Waals surface area contributed by atoms with Crippen LogP contribution in [0.5, 0.6) is 11.5 Å². The summed E-state index contributed by atoms with van der Waals surface area (Å²) in [5.74, 6) is 1.51. The van der Waals surface area contributed by atoms with Crippen molar-refractivity contribution in [3.63, 3.8) is 0 Å². The predicted molar refractivity (Wildman–Crippen MR) is 172 cm³/mol. The molecule has 1 unspecified atom stereocenters. The first-order chi connectivity index (χ1) is 21.9. The van der Waals surface area contributed by atoms with E-state index in [1.807, 2.05) is 66.7 Å². The molecule has 12 heteroatoms. The van der Waals surface area contributed by atoms with Crippen LogP contribution in [0.15, 0.2) is 72.8 Å². The van der Waals surface area contributed by atoms with Crippen molar-refractivity contribution in [2.45, 2.75) is 12.2 Å². The minimum Gasteiger partial charge on any atom is -0.454 e. The van der Waals surface area contributed by atoms with E-state index in [0.29, 0.717) is 59.9 Å². The number of piperazine rings is 1. The Hall–Kier alpha value is -4.48. The molecule has 1 aromatic heterocycles. The highest BCUT2D eigenvalue weighted by atomic mass is 35.5. The van der Waals surface area contributed by atoms with E-state index < -0.39 is 0 Å². The SMILES string of the molecule is CC(=O)N1CCN(C(=O)CN2C(=O)CSC(c3ccc4c(c3)OCO4)c3c(-c4ccccc4)nn(-c4ccccc4Cl)c32)CC1. The van der Waals surface area contributed by atoms with Crippen LogP contribution in [0, 0.1) is 0 Å². The lowest BCUT2D eigenvalue weighted by Gasteiger charge is -2.35. The standard InChI is InChI=1S/C33H30ClN5O5S/c1-21(40)36-13-15-37(16-14-36)28(41)18-38-29(42)19-45-32(23-11-12-26-27(17-23)44-20-43-26)30-31(22-7-3-2-4-8-22)35-39(33(30)38)25-10-6-5-9-24(25)34/h2-12,17,32H,13-16,18-20H2,1H3. The minimum atomic E-state index is -0.330. The number of benzene rings is 3. The van der Waals surface area contributed by atoms with Crippen LogP contribution in [-0.2, 0) is 14.4 Å². The van der Waals surface area contributed by atoms with Gasteiger partial charge in [0.15, 0.2) is 11.5 Å². The largest absolute Gasteiger partial charge is 0.454 e. The van der Waals surface area contributed by atoms with Gasteiger partial charge in [-0.2, -0.15) is 5.10 Å². The molecule has 0 radical (unpaired) electrons. The lowest BCUT2D eigenvalue weighted by atomic mass is 9.99. The molecule has 3 aliphatic rings. The number of carbonyl (C=O) groups is 3. The molecule has 4 aromatic rings. The third-order valence-electron chi connectivity index (χ3n) is 8.29. The van der Waals surface area contributed by atoms with Crippen LogP contribution in [-0.4, -0.2) is 82.6 Å². The van der Waals surface area contributed by atoms with E-state index in [4.69, 9.17) is 26.2 Å². The molecule has 3 aromatic carbocycles. The Kier molecular flexibility index (Phi) is 7.88. The smallest absolute Gasteiger partial charge is 0.242 e. The van der Waals surface area contributed by atoms with Crippen molar-refractivity contribution in [3.05, 3.63) is 88.9 Å². The van der Waals surface area contributed by atoms with Gasteiger partial charge in [-0.25, -0.2) is 4.68 Å². The summed E-state index contributed by atoms with van der Waals surface area (Å²) >= 11 is 8.24. The second-order valence-electron chi connectivity index (χ2n) is 11.0. The molecule has 0 bridgehead atoms. The van der Waals surface area contributed by atoms with Crippen molar-refractivity contribution in [2.24, 2.45) is 0 Å². The number of aromatic nitrogens is 2. The topological polar surface area (TPSA) is 97.2 Å². The lowest BCUT2D eigenvalue weighted by Crippen LogP contribution is -2.53. The molecule has 10 nitrogen and oxygen atoms in total. The summed E-state index contributed by atoms with van der Waals surface area (Å²) in [6, 6.07) is 22.9. The number of carbonyl (C=O) groups excluding carboxylic acids is 3. The Labute approximate surface area is 269 Å². The maximum Gasteiger partial charge on any atom is 0.242 e. The Morgan fingerprint density at radius 2 is 1.64 bits per heavy atom. The molecule has 7 rings (SSSR count). The highest BCUT2D eigenvalue weighted by molar-refractivity contribution is 8.00. The molecule has 45 heavy (non-hydrogen) atoms. The number of halogens is 1. The predicted octanol–water partition coefficient (Wildman–Crippen LogP) is 4.78. The number of hydrogen-bond donors (Lipinski definition) is 0. The number of anilines is 1. The summed E-state index contributed by atoms with van der Waals surface area (Å²) in [6.45, 7) is 3.22. The van der Waals surface area contributed by atoms with E-state index >= 15 is 0 Å². The third kappa shape index (κ3) is 5.51. The fraction of sp³-hybridized carbons (Fsp3) is 0.273. The highest BCUT2D eigenvalue weighted by Gasteiger charge is 2.39. The Morgan fingerprint density at radius 3 is 2.40 bits per heavy atom. The summed E-state index contributed by atoms with van der Waals surface area (Å²) in [5, 5.41) is 5.24. The first-order valence-corrected chi connectivity index (χ1v) is 16.1. The summed E-state index contributed by atoms with van der Waals surface area (Å²) < 4.78 is 13.0.